The lowest BCUT2D eigenvalue weighted by Crippen LogP contribution is -2.08. The lowest BCUT2D eigenvalue weighted by atomic mass is 10.2. The van der Waals surface area contributed by atoms with Gasteiger partial charge >= 0.3 is 6.18 Å². The fourth-order valence-electron chi connectivity index (χ4n) is 1.10. The van der Waals surface area contributed by atoms with Crippen LogP contribution in [0.3, 0.4) is 0 Å². The molecule has 1 fully saturated rings. The Morgan fingerprint density at radius 3 is 2.00 bits per heavy atom. The summed E-state index contributed by atoms with van der Waals surface area (Å²) in [5.74, 6) is -0.207. The number of allylic oxidation sites excluding steroid dienone is 1. The van der Waals surface area contributed by atoms with Crippen LogP contribution in [0.15, 0.2) is 12.2 Å². The summed E-state index contributed by atoms with van der Waals surface area (Å²) in [4.78, 5) is 0. The Labute approximate surface area is 57.7 Å². The number of rotatable bonds is 1. The molecule has 0 nitrogen and oxygen atoms in total. The van der Waals surface area contributed by atoms with Gasteiger partial charge in [-0.05, 0) is 11.8 Å². The topological polar surface area (TPSA) is 0 Å². The maximum atomic E-state index is 11.7. The van der Waals surface area contributed by atoms with Crippen molar-refractivity contribution in [2.24, 2.45) is 11.8 Å². The van der Waals surface area contributed by atoms with E-state index in [1.54, 1.807) is 6.92 Å². The van der Waals surface area contributed by atoms with E-state index in [9.17, 15) is 13.2 Å². The van der Waals surface area contributed by atoms with Crippen LogP contribution in [0, 0.1) is 11.8 Å². The van der Waals surface area contributed by atoms with Crippen molar-refractivity contribution in [2.45, 2.75) is 19.5 Å². The van der Waals surface area contributed by atoms with Crippen molar-refractivity contribution < 1.29 is 13.2 Å². The van der Waals surface area contributed by atoms with Crippen molar-refractivity contribution in [1.82, 2.24) is 0 Å². The molecule has 0 heterocycles. The lowest BCUT2D eigenvalue weighted by Gasteiger charge is -2.02. The monoisotopic (exact) mass is 150 g/mol. The van der Waals surface area contributed by atoms with Gasteiger partial charge in [-0.15, -0.1) is 0 Å². The van der Waals surface area contributed by atoms with Crippen molar-refractivity contribution in [3.8, 4) is 0 Å². The number of hydrogen-bond donors (Lipinski definition) is 0. The predicted octanol–water partition coefficient (Wildman–Crippen LogP) is 2.76. The molecule has 0 aromatic heterocycles. The van der Waals surface area contributed by atoms with Gasteiger partial charge in [0.1, 0.15) is 0 Å². The second-order valence-electron chi connectivity index (χ2n) is 2.79. The lowest BCUT2D eigenvalue weighted by molar-refractivity contribution is -0.138. The Bertz CT molecular complexity index is 157. The second kappa shape index (κ2) is 2.01. The molecule has 10 heavy (non-hydrogen) atoms. The molecule has 0 saturated heterocycles. The third-order valence-corrected chi connectivity index (χ3v) is 2.01. The van der Waals surface area contributed by atoms with E-state index in [-0.39, 0.29) is 11.8 Å². The van der Waals surface area contributed by atoms with E-state index >= 15 is 0 Å². The van der Waals surface area contributed by atoms with Gasteiger partial charge in [0.05, 0.1) is 6.42 Å². The first-order chi connectivity index (χ1) is 4.42. The highest BCUT2D eigenvalue weighted by Crippen LogP contribution is 2.49. The van der Waals surface area contributed by atoms with E-state index < -0.39 is 12.6 Å². The summed E-state index contributed by atoms with van der Waals surface area (Å²) >= 11 is 0. The van der Waals surface area contributed by atoms with Gasteiger partial charge in [0.2, 0.25) is 0 Å². The van der Waals surface area contributed by atoms with Crippen LogP contribution < -0.4 is 0 Å². The number of hydrogen-bond acceptors (Lipinski definition) is 0. The van der Waals surface area contributed by atoms with Crippen LogP contribution in [0.25, 0.3) is 0 Å². The first kappa shape index (κ1) is 7.63. The van der Waals surface area contributed by atoms with Crippen LogP contribution in [-0.2, 0) is 0 Å². The number of halogens is 3. The van der Waals surface area contributed by atoms with Crippen LogP contribution in [0.5, 0.6) is 0 Å². The van der Waals surface area contributed by atoms with Gasteiger partial charge < -0.3 is 0 Å². The zero-order valence-corrected chi connectivity index (χ0v) is 5.70. The molecule has 1 saturated carbocycles. The molecule has 2 unspecified atom stereocenters. The van der Waals surface area contributed by atoms with Crippen molar-refractivity contribution >= 4 is 0 Å². The molecule has 0 aromatic carbocycles. The van der Waals surface area contributed by atoms with E-state index in [1.165, 1.54) is 0 Å². The van der Waals surface area contributed by atoms with Crippen LogP contribution in [0.4, 0.5) is 13.2 Å². The van der Waals surface area contributed by atoms with E-state index in [2.05, 4.69) is 6.58 Å². The predicted molar refractivity (Wildman–Crippen MR) is 32.5 cm³/mol. The van der Waals surface area contributed by atoms with E-state index in [0.717, 1.165) is 5.57 Å². The second-order valence-corrected chi connectivity index (χ2v) is 2.79. The highest BCUT2D eigenvalue weighted by atomic mass is 19.4. The van der Waals surface area contributed by atoms with Crippen LogP contribution in [0.2, 0.25) is 0 Å². The van der Waals surface area contributed by atoms with Gasteiger partial charge in [0.15, 0.2) is 0 Å². The van der Waals surface area contributed by atoms with Gasteiger partial charge in [-0.2, -0.15) is 13.2 Å². The Hall–Kier alpha value is -0.470. The molecule has 0 bridgehead atoms. The maximum Gasteiger partial charge on any atom is 0.389 e. The fourth-order valence-corrected chi connectivity index (χ4v) is 1.10. The summed E-state index contributed by atoms with van der Waals surface area (Å²) in [5, 5.41) is 0. The van der Waals surface area contributed by atoms with E-state index in [1.807, 2.05) is 0 Å². The molecule has 0 spiro atoms. The standard InChI is InChI=1S/C7H9F3/c1-4-5(2)6(4)3-7(8,9)10/h5-6H,1,3H2,2H3. The first-order valence-corrected chi connectivity index (χ1v) is 3.17. The molecule has 0 aliphatic heterocycles. The molecule has 58 valence electrons. The Morgan fingerprint density at radius 1 is 1.50 bits per heavy atom. The van der Waals surface area contributed by atoms with E-state index in [4.69, 9.17) is 0 Å². The fraction of sp³-hybridized carbons (Fsp3) is 0.714. The Morgan fingerprint density at radius 2 is 1.90 bits per heavy atom. The maximum absolute atomic E-state index is 11.7. The Kier molecular flexibility index (Phi) is 1.53. The molecular weight excluding hydrogens is 141 g/mol. The molecule has 2 atom stereocenters. The van der Waals surface area contributed by atoms with Gasteiger partial charge in [-0.25, -0.2) is 0 Å². The first-order valence-electron chi connectivity index (χ1n) is 3.17. The smallest absolute Gasteiger partial charge is 0.171 e. The Balaban J connectivity index is 2.36. The van der Waals surface area contributed by atoms with Gasteiger partial charge in [-0.1, -0.05) is 19.1 Å². The van der Waals surface area contributed by atoms with Crippen molar-refractivity contribution in [3.63, 3.8) is 0 Å². The summed E-state index contributed by atoms with van der Waals surface area (Å²) in [6.45, 7) is 5.29. The van der Waals surface area contributed by atoms with E-state index in [0.29, 0.717) is 0 Å². The molecule has 3 heteroatoms. The van der Waals surface area contributed by atoms with Crippen LogP contribution in [0.1, 0.15) is 13.3 Å². The molecule has 0 N–H and O–H groups in total. The average Bonchev–Trinajstić information content (AvgIpc) is 2.19. The minimum absolute atomic E-state index is 0.0848. The third kappa shape index (κ3) is 1.52. The zero-order chi connectivity index (χ0) is 7.94. The minimum Gasteiger partial charge on any atom is -0.171 e. The highest BCUT2D eigenvalue weighted by molar-refractivity contribution is 5.24. The molecular formula is C7H9F3. The summed E-state index contributed by atoms with van der Waals surface area (Å²) in [6, 6.07) is 0. The highest BCUT2D eigenvalue weighted by Gasteiger charge is 2.45. The van der Waals surface area contributed by atoms with Crippen molar-refractivity contribution in [2.75, 3.05) is 0 Å². The molecule has 0 amide bonds. The van der Waals surface area contributed by atoms with Crippen molar-refractivity contribution in [1.29, 1.82) is 0 Å². The summed E-state index contributed by atoms with van der Waals surface area (Å²) < 4.78 is 35.0. The summed E-state index contributed by atoms with van der Waals surface area (Å²) in [7, 11) is 0. The quantitative estimate of drug-likeness (QED) is 0.504. The molecule has 1 aliphatic rings. The molecule has 1 aliphatic carbocycles. The largest absolute Gasteiger partial charge is 0.389 e. The summed E-state index contributed by atoms with van der Waals surface area (Å²) in [5.41, 5.74) is 0.748. The zero-order valence-electron chi connectivity index (χ0n) is 5.70. The normalized spacial score (nSPS) is 32.6. The van der Waals surface area contributed by atoms with Crippen LogP contribution in [-0.4, -0.2) is 6.18 Å². The van der Waals surface area contributed by atoms with Gasteiger partial charge in [-0.3, -0.25) is 0 Å². The summed E-state index contributed by atoms with van der Waals surface area (Å²) in [6.07, 6.45) is -4.70. The van der Waals surface area contributed by atoms with Gasteiger partial charge in [0.25, 0.3) is 0 Å². The molecule has 1 rings (SSSR count). The van der Waals surface area contributed by atoms with Crippen molar-refractivity contribution in [3.05, 3.63) is 12.2 Å². The van der Waals surface area contributed by atoms with Crippen LogP contribution >= 0.6 is 0 Å². The average molecular weight is 150 g/mol. The molecule has 0 aromatic rings. The SMILES string of the molecule is C=C1C(C)C1CC(F)(F)F. The third-order valence-electron chi connectivity index (χ3n) is 2.01. The minimum atomic E-state index is -4.02. The number of alkyl halides is 3. The van der Waals surface area contributed by atoms with Gasteiger partial charge in [0, 0.05) is 0 Å². The molecule has 0 radical (unpaired) electrons.